The van der Waals surface area contributed by atoms with Crippen LogP contribution in [-0.2, 0) is 6.42 Å². The molecule has 0 aliphatic heterocycles. The van der Waals surface area contributed by atoms with E-state index in [2.05, 4.69) is 50.7 Å². The summed E-state index contributed by atoms with van der Waals surface area (Å²) in [5.41, 5.74) is 2.50. The highest BCUT2D eigenvalue weighted by Crippen LogP contribution is 2.17. The summed E-state index contributed by atoms with van der Waals surface area (Å²) in [6, 6.07) is 18.3. The molecule has 0 aliphatic carbocycles. The van der Waals surface area contributed by atoms with E-state index in [4.69, 9.17) is 4.74 Å². The van der Waals surface area contributed by atoms with Crippen LogP contribution < -0.4 is 10.1 Å². The topological polar surface area (TPSA) is 52.7 Å². The van der Waals surface area contributed by atoms with E-state index in [0.717, 1.165) is 31.2 Å². The van der Waals surface area contributed by atoms with Crippen molar-refractivity contribution in [1.82, 2.24) is 15.2 Å². The van der Waals surface area contributed by atoms with E-state index in [-0.39, 0.29) is 24.0 Å². The number of ether oxygens (including phenoxy) is 1. The molecule has 27 heavy (non-hydrogen) atoms. The lowest BCUT2D eigenvalue weighted by Crippen LogP contribution is -2.41. The van der Waals surface area contributed by atoms with Gasteiger partial charge in [0.15, 0.2) is 5.96 Å². The standard InChI is InChI=1S/C21H26N4O.HI/c1-22-21(25(2)14-15-26-18-8-4-3-5-9-18)23-13-12-17-16-24-20-11-7-6-10-19(17)20;/h3-11,16,24H,12-15H2,1-2H3,(H,22,23);1H. The van der Waals surface area contributed by atoms with E-state index in [1.807, 2.05) is 44.4 Å². The van der Waals surface area contributed by atoms with Crippen molar-refractivity contribution in [3.8, 4) is 5.75 Å². The zero-order valence-electron chi connectivity index (χ0n) is 15.8. The third-order valence-electron chi connectivity index (χ3n) is 4.36. The number of guanidine groups is 1. The molecule has 0 atom stereocenters. The van der Waals surface area contributed by atoms with Crippen molar-refractivity contribution in [2.45, 2.75) is 6.42 Å². The number of aromatic amines is 1. The van der Waals surface area contributed by atoms with Crippen molar-refractivity contribution >= 4 is 40.8 Å². The van der Waals surface area contributed by atoms with Crippen LogP contribution in [0.5, 0.6) is 5.75 Å². The Kier molecular flexibility index (Phi) is 8.44. The van der Waals surface area contributed by atoms with Crippen LogP contribution in [0, 0.1) is 0 Å². The first-order valence-electron chi connectivity index (χ1n) is 8.92. The normalized spacial score (nSPS) is 11.1. The minimum absolute atomic E-state index is 0. The van der Waals surface area contributed by atoms with E-state index < -0.39 is 0 Å². The van der Waals surface area contributed by atoms with E-state index in [9.17, 15) is 0 Å². The SMILES string of the molecule is CN=C(NCCc1c[nH]c2ccccc12)N(C)CCOc1ccccc1.I. The molecule has 0 saturated carbocycles. The molecular formula is C21H27IN4O. The van der Waals surface area contributed by atoms with Gasteiger partial charge in [0, 0.05) is 37.7 Å². The lowest BCUT2D eigenvalue weighted by molar-refractivity contribution is 0.281. The second-order valence-electron chi connectivity index (χ2n) is 6.17. The maximum atomic E-state index is 5.75. The molecule has 0 spiro atoms. The summed E-state index contributed by atoms with van der Waals surface area (Å²) in [5, 5.41) is 4.71. The molecule has 0 radical (unpaired) electrons. The quantitative estimate of drug-likeness (QED) is 0.308. The predicted molar refractivity (Wildman–Crippen MR) is 123 cm³/mol. The average molecular weight is 478 g/mol. The van der Waals surface area contributed by atoms with Crippen molar-refractivity contribution < 1.29 is 4.74 Å². The number of nitrogens with zero attached hydrogens (tertiary/aromatic N) is 2. The largest absolute Gasteiger partial charge is 0.492 e. The van der Waals surface area contributed by atoms with Crippen LogP contribution in [-0.4, -0.2) is 49.6 Å². The third-order valence-corrected chi connectivity index (χ3v) is 4.36. The Labute approximate surface area is 177 Å². The van der Waals surface area contributed by atoms with E-state index in [0.29, 0.717) is 6.61 Å². The summed E-state index contributed by atoms with van der Waals surface area (Å²) in [4.78, 5) is 9.77. The number of aromatic nitrogens is 1. The van der Waals surface area contributed by atoms with Crippen LogP contribution in [0.15, 0.2) is 65.8 Å². The van der Waals surface area contributed by atoms with Crippen molar-refractivity contribution in [3.05, 3.63) is 66.4 Å². The van der Waals surface area contributed by atoms with Gasteiger partial charge in [-0.25, -0.2) is 0 Å². The summed E-state index contributed by atoms with van der Waals surface area (Å²) in [5.74, 6) is 1.77. The number of benzene rings is 2. The second kappa shape index (κ2) is 10.8. The van der Waals surface area contributed by atoms with Crippen LogP contribution in [0.25, 0.3) is 10.9 Å². The highest BCUT2D eigenvalue weighted by Gasteiger charge is 2.07. The van der Waals surface area contributed by atoms with Crippen LogP contribution in [0.3, 0.4) is 0 Å². The minimum Gasteiger partial charge on any atom is -0.492 e. The molecule has 0 aliphatic rings. The number of fused-ring (bicyclic) bond motifs is 1. The van der Waals surface area contributed by atoms with Gasteiger partial charge in [-0.3, -0.25) is 4.99 Å². The van der Waals surface area contributed by atoms with Gasteiger partial charge < -0.3 is 19.9 Å². The van der Waals surface area contributed by atoms with Gasteiger partial charge in [0.2, 0.25) is 0 Å². The molecule has 0 unspecified atom stereocenters. The minimum atomic E-state index is 0. The lowest BCUT2D eigenvalue weighted by atomic mass is 10.1. The molecule has 1 heterocycles. The Balaban J connectivity index is 0.00000261. The van der Waals surface area contributed by atoms with Gasteiger partial charge >= 0.3 is 0 Å². The Hall–Kier alpha value is -2.22. The Morgan fingerprint density at radius 1 is 1.11 bits per heavy atom. The van der Waals surface area contributed by atoms with Crippen molar-refractivity contribution in [1.29, 1.82) is 0 Å². The highest BCUT2D eigenvalue weighted by molar-refractivity contribution is 14.0. The summed E-state index contributed by atoms with van der Waals surface area (Å²) >= 11 is 0. The summed E-state index contributed by atoms with van der Waals surface area (Å²) in [6.07, 6.45) is 3.03. The fourth-order valence-corrected chi connectivity index (χ4v) is 2.96. The predicted octanol–water partition coefficient (Wildman–Crippen LogP) is 3.91. The Morgan fingerprint density at radius 3 is 2.63 bits per heavy atom. The summed E-state index contributed by atoms with van der Waals surface area (Å²) in [6.45, 7) is 2.21. The van der Waals surface area contributed by atoms with Crippen LogP contribution in [0.1, 0.15) is 5.56 Å². The molecule has 0 fully saturated rings. The van der Waals surface area contributed by atoms with E-state index in [1.165, 1.54) is 16.5 Å². The first kappa shape index (κ1) is 21.1. The molecule has 5 nitrogen and oxygen atoms in total. The fourth-order valence-electron chi connectivity index (χ4n) is 2.96. The number of hydrogen-bond donors (Lipinski definition) is 2. The smallest absolute Gasteiger partial charge is 0.193 e. The number of hydrogen-bond acceptors (Lipinski definition) is 2. The number of likely N-dealkylation sites (N-methyl/N-ethyl adjacent to an activating group) is 1. The van der Waals surface area contributed by atoms with Crippen molar-refractivity contribution in [2.75, 3.05) is 33.8 Å². The number of rotatable bonds is 7. The van der Waals surface area contributed by atoms with Crippen LogP contribution in [0.4, 0.5) is 0 Å². The van der Waals surface area contributed by atoms with Gasteiger partial charge in [-0.2, -0.15) is 0 Å². The molecule has 6 heteroatoms. The van der Waals surface area contributed by atoms with E-state index in [1.54, 1.807) is 0 Å². The average Bonchev–Trinajstić information content (AvgIpc) is 3.09. The number of para-hydroxylation sites is 2. The van der Waals surface area contributed by atoms with E-state index >= 15 is 0 Å². The van der Waals surface area contributed by atoms with Gasteiger partial charge in [-0.05, 0) is 30.2 Å². The third kappa shape index (κ3) is 5.89. The van der Waals surface area contributed by atoms with Gasteiger partial charge in [0.1, 0.15) is 12.4 Å². The van der Waals surface area contributed by atoms with Gasteiger partial charge in [-0.15, -0.1) is 24.0 Å². The molecule has 3 rings (SSSR count). The number of halogens is 1. The molecule has 1 aromatic heterocycles. The molecule has 3 aromatic rings. The maximum Gasteiger partial charge on any atom is 0.193 e. The van der Waals surface area contributed by atoms with Crippen LogP contribution >= 0.6 is 24.0 Å². The molecule has 2 N–H and O–H groups in total. The Bertz CT molecular complexity index is 848. The molecular weight excluding hydrogens is 451 g/mol. The second-order valence-corrected chi connectivity index (χ2v) is 6.17. The molecule has 0 saturated heterocycles. The first-order valence-corrected chi connectivity index (χ1v) is 8.92. The van der Waals surface area contributed by atoms with Gasteiger partial charge in [0.05, 0.1) is 6.54 Å². The van der Waals surface area contributed by atoms with Gasteiger partial charge in [0.25, 0.3) is 0 Å². The molecule has 0 amide bonds. The van der Waals surface area contributed by atoms with Crippen LogP contribution in [0.2, 0.25) is 0 Å². The maximum absolute atomic E-state index is 5.75. The molecule has 2 aromatic carbocycles. The van der Waals surface area contributed by atoms with Gasteiger partial charge in [-0.1, -0.05) is 36.4 Å². The number of aliphatic imine (C=N–C) groups is 1. The molecule has 0 bridgehead atoms. The number of nitrogens with one attached hydrogen (secondary N) is 2. The monoisotopic (exact) mass is 478 g/mol. The summed E-state index contributed by atoms with van der Waals surface area (Å²) in [7, 11) is 3.83. The highest BCUT2D eigenvalue weighted by atomic mass is 127. The molecule has 144 valence electrons. The van der Waals surface area contributed by atoms with Crippen molar-refractivity contribution in [2.24, 2.45) is 4.99 Å². The zero-order chi connectivity index (χ0) is 18.2. The summed E-state index contributed by atoms with van der Waals surface area (Å²) < 4.78 is 5.75. The first-order chi connectivity index (χ1) is 12.8. The Morgan fingerprint density at radius 2 is 1.85 bits per heavy atom. The zero-order valence-corrected chi connectivity index (χ0v) is 18.1. The number of H-pyrrole nitrogens is 1. The van der Waals surface area contributed by atoms with Crippen molar-refractivity contribution in [3.63, 3.8) is 0 Å². The lowest BCUT2D eigenvalue weighted by Gasteiger charge is -2.22. The fraction of sp³-hybridized carbons (Fsp3) is 0.286.